The van der Waals surface area contributed by atoms with Crippen molar-refractivity contribution in [2.75, 3.05) is 12.4 Å². The molecular formula is C19H21F3N6O3S. The van der Waals surface area contributed by atoms with Crippen LogP contribution < -0.4 is 10.0 Å². The van der Waals surface area contributed by atoms with Crippen LogP contribution in [0, 0.1) is 0 Å². The van der Waals surface area contributed by atoms with Gasteiger partial charge in [0.2, 0.25) is 16.0 Å². The molecule has 0 spiro atoms. The van der Waals surface area contributed by atoms with Gasteiger partial charge in [-0.3, -0.25) is 0 Å². The van der Waals surface area contributed by atoms with Gasteiger partial charge in [0.05, 0.1) is 16.7 Å². The van der Waals surface area contributed by atoms with Crippen molar-refractivity contribution in [3.05, 3.63) is 54.0 Å². The second-order valence-corrected chi connectivity index (χ2v) is 9.45. The van der Waals surface area contributed by atoms with Crippen LogP contribution in [0.25, 0.3) is 5.82 Å². The number of anilines is 2. The molecule has 3 N–H and O–H groups in total. The third-order valence-electron chi connectivity index (χ3n) is 4.25. The van der Waals surface area contributed by atoms with E-state index in [1.165, 1.54) is 43.7 Å². The van der Waals surface area contributed by atoms with Crippen LogP contribution in [0.1, 0.15) is 25.0 Å². The molecular weight excluding hydrogens is 449 g/mol. The van der Waals surface area contributed by atoms with Gasteiger partial charge in [-0.25, -0.2) is 22.8 Å². The predicted octanol–water partition coefficient (Wildman–Crippen LogP) is 2.65. The van der Waals surface area contributed by atoms with Crippen molar-refractivity contribution in [3.63, 3.8) is 0 Å². The summed E-state index contributed by atoms with van der Waals surface area (Å²) >= 11 is 0. The lowest BCUT2D eigenvalue weighted by molar-refractivity contribution is -0.138. The van der Waals surface area contributed by atoms with E-state index in [2.05, 4.69) is 25.1 Å². The van der Waals surface area contributed by atoms with Crippen molar-refractivity contribution in [1.29, 1.82) is 0 Å². The maximum Gasteiger partial charge on any atom is 0.421 e. The van der Waals surface area contributed by atoms with E-state index in [-0.39, 0.29) is 17.3 Å². The SMILES string of the molecule is CNS(=O)(=O)c1ccc(Nc2ncc(C(F)(F)F)c(-n3cc(CC(C)(C)O)cn3)n2)cc1. The van der Waals surface area contributed by atoms with E-state index < -0.39 is 33.2 Å². The lowest BCUT2D eigenvalue weighted by Crippen LogP contribution is -2.21. The van der Waals surface area contributed by atoms with Crippen molar-refractivity contribution in [1.82, 2.24) is 24.5 Å². The lowest BCUT2D eigenvalue weighted by Gasteiger charge is -2.15. The number of hydrogen-bond acceptors (Lipinski definition) is 7. The topological polar surface area (TPSA) is 122 Å². The number of nitrogens with one attached hydrogen (secondary N) is 2. The molecule has 2 heterocycles. The Hall–Kier alpha value is -3.03. The normalized spacial score (nSPS) is 12.7. The van der Waals surface area contributed by atoms with Gasteiger partial charge in [0.1, 0.15) is 5.56 Å². The molecule has 1 aromatic carbocycles. The highest BCUT2D eigenvalue weighted by Gasteiger charge is 2.36. The van der Waals surface area contributed by atoms with Gasteiger partial charge in [0, 0.05) is 24.5 Å². The molecule has 0 atom stereocenters. The number of aromatic nitrogens is 4. The molecule has 3 rings (SSSR count). The van der Waals surface area contributed by atoms with Gasteiger partial charge in [-0.15, -0.1) is 0 Å². The summed E-state index contributed by atoms with van der Waals surface area (Å²) in [6.45, 7) is 3.15. The van der Waals surface area contributed by atoms with Crippen LogP contribution in [-0.2, 0) is 22.6 Å². The van der Waals surface area contributed by atoms with Gasteiger partial charge in [0.15, 0.2) is 5.82 Å². The average Bonchev–Trinajstić information content (AvgIpc) is 3.14. The van der Waals surface area contributed by atoms with Crippen LogP contribution in [-0.4, -0.2) is 45.9 Å². The smallest absolute Gasteiger partial charge is 0.390 e. The third kappa shape index (κ3) is 5.60. The molecule has 0 unspecified atom stereocenters. The van der Waals surface area contributed by atoms with Crippen molar-refractivity contribution < 1.29 is 26.7 Å². The van der Waals surface area contributed by atoms with Gasteiger partial charge in [0.25, 0.3) is 0 Å². The first kappa shape index (κ1) is 23.6. The van der Waals surface area contributed by atoms with Gasteiger partial charge in [-0.1, -0.05) is 0 Å². The summed E-state index contributed by atoms with van der Waals surface area (Å²) in [6.07, 6.45) is -1.18. The molecule has 0 saturated heterocycles. The van der Waals surface area contributed by atoms with E-state index in [1.807, 2.05) is 0 Å². The van der Waals surface area contributed by atoms with Gasteiger partial charge in [-0.05, 0) is 50.7 Å². The first-order valence-electron chi connectivity index (χ1n) is 9.30. The number of sulfonamides is 1. The Morgan fingerprint density at radius 1 is 1.12 bits per heavy atom. The number of rotatable bonds is 7. The number of aliphatic hydroxyl groups is 1. The maximum absolute atomic E-state index is 13.5. The number of benzene rings is 1. The van der Waals surface area contributed by atoms with Crippen LogP contribution in [0.2, 0.25) is 0 Å². The molecule has 0 amide bonds. The highest BCUT2D eigenvalue weighted by Crippen LogP contribution is 2.33. The van der Waals surface area contributed by atoms with Crippen LogP contribution in [0.5, 0.6) is 0 Å². The Balaban J connectivity index is 1.95. The zero-order valence-corrected chi connectivity index (χ0v) is 18.2. The molecule has 2 aromatic heterocycles. The molecule has 3 aromatic rings. The van der Waals surface area contributed by atoms with Crippen LogP contribution in [0.15, 0.2) is 47.8 Å². The summed E-state index contributed by atoms with van der Waals surface area (Å²) in [5.74, 6) is -0.636. The molecule has 0 aliphatic carbocycles. The molecule has 0 aliphatic rings. The molecule has 172 valence electrons. The van der Waals surface area contributed by atoms with Crippen molar-refractivity contribution in [3.8, 4) is 5.82 Å². The van der Waals surface area contributed by atoms with E-state index >= 15 is 0 Å². The summed E-state index contributed by atoms with van der Waals surface area (Å²) in [5.41, 5.74) is -1.25. The summed E-state index contributed by atoms with van der Waals surface area (Å²) in [6, 6.07) is 5.52. The maximum atomic E-state index is 13.5. The Morgan fingerprint density at radius 3 is 2.34 bits per heavy atom. The number of halogens is 3. The van der Waals surface area contributed by atoms with E-state index in [0.717, 1.165) is 4.68 Å². The molecule has 0 saturated carbocycles. The first-order valence-corrected chi connectivity index (χ1v) is 10.8. The minimum Gasteiger partial charge on any atom is -0.390 e. The van der Waals surface area contributed by atoms with Crippen LogP contribution >= 0.6 is 0 Å². The van der Waals surface area contributed by atoms with Gasteiger partial charge in [-0.2, -0.15) is 23.3 Å². The zero-order chi connectivity index (χ0) is 23.7. The molecule has 32 heavy (non-hydrogen) atoms. The fourth-order valence-electron chi connectivity index (χ4n) is 2.84. The van der Waals surface area contributed by atoms with E-state index in [1.54, 1.807) is 13.8 Å². The highest BCUT2D eigenvalue weighted by atomic mass is 32.2. The van der Waals surface area contributed by atoms with Crippen molar-refractivity contribution in [2.45, 2.75) is 36.9 Å². The minimum atomic E-state index is -4.72. The first-order chi connectivity index (χ1) is 14.8. The fraction of sp³-hybridized carbons (Fsp3) is 0.316. The zero-order valence-electron chi connectivity index (χ0n) is 17.3. The number of hydrogen-bond donors (Lipinski definition) is 3. The molecule has 0 aliphatic heterocycles. The number of nitrogens with zero attached hydrogens (tertiary/aromatic N) is 4. The fourth-order valence-corrected chi connectivity index (χ4v) is 3.57. The van der Waals surface area contributed by atoms with Crippen molar-refractivity contribution in [2.24, 2.45) is 0 Å². The molecule has 0 bridgehead atoms. The van der Waals surface area contributed by atoms with E-state index in [4.69, 9.17) is 0 Å². The quantitative estimate of drug-likeness (QED) is 0.485. The minimum absolute atomic E-state index is 0.0236. The molecule has 0 fully saturated rings. The second kappa shape index (κ2) is 8.48. The number of alkyl halides is 3. The summed E-state index contributed by atoms with van der Waals surface area (Å²) in [7, 11) is -2.35. The largest absolute Gasteiger partial charge is 0.421 e. The Morgan fingerprint density at radius 2 is 1.78 bits per heavy atom. The van der Waals surface area contributed by atoms with Gasteiger partial charge >= 0.3 is 6.18 Å². The summed E-state index contributed by atoms with van der Waals surface area (Å²) in [5, 5.41) is 16.6. The standard InChI is InChI=1S/C19H21F3N6O3S/c1-18(2,29)8-12-9-25-28(11-12)16-15(19(20,21)22)10-24-17(27-16)26-13-4-6-14(7-5-13)32(30,31)23-3/h4-7,9-11,23,29H,8H2,1-3H3,(H,24,26,27). The lowest BCUT2D eigenvalue weighted by atomic mass is 10.0. The van der Waals surface area contributed by atoms with Crippen molar-refractivity contribution >= 4 is 21.7 Å². The Labute approximate surface area is 182 Å². The van der Waals surface area contributed by atoms with E-state index in [0.29, 0.717) is 17.4 Å². The average molecular weight is 470 g/mol. The Bertz CT molecular complexity index is 1200. The molecule has 0 radical (unpaired) electrons. The van der Waals surface area contributed by atoms with Crippen LogP contribution in [0.3, 0.4) is 0 Å². The van der Waals surface area contributed by atoms with Crippen LogP contribution in [0.4, 0.5) is 24.8 Å². The summed E-state index contributed by atoms with van der Waals surface area (Å²) < 4.78 is 67.3. The Kier molecular flexibility index (Phi) is 6.26. The second-order valence-electron chi connectivity index (χ2n) is 7.57. The highest BCUT2D eigenvalue weighted by molar-refractivity contribution is 7.89. The third-order valence-corrected chi connectivity index (χ3v) is 5.68. The predicted molar refractivity (Wildman–Crippen MR) is 110 cm³/mol. The summed E-state index contributed by atoms with van der Waals surface area (Å²) in [4.78, 5) is 7.72. The molecule has 13 heteroatoms. The molecule has 9 nitrogen and oxygen atoms in total. The van der Waals surface area contributed by atoms with E-state index in [9.17, 15) is 26.7 Å². The monoisotopic (exact) mass is 470 g/mol. The van der Waals surface area contributed by atoms with Gasteiger partial charge < -0.3 is 10.4 Å².